The number of aromatic nitrogens is 2. The minimum absolute atomic E-state index is 0.198. The Hall–Kier alpha value is -0.910. The van der Waals surface area contributed by atoms with Gasteiger partial charge in [0.05, 0.1) is 17.8 Å². The van der Waals surface area contributed by atoms with E-state index in [9.17, 15) is 5.11 Å². The van der Waals surface area contributed by atoms with Crippen LogP contribution in [0, 0.1) is 0 Å². The maximum absolute atomic E-state index is 9.94. The topological polar surface area (TPSA) is 44.5 Å². The molecule has 0 spiro atoms. The van der Waals surface area contributed by atoms with Crippen molar-refractivity contribution >= 4 is 0 Å². The third-order valence-electron chi connectivity index (χ3n) is 4.43. The van der Waals surface area contributed by atoms with Crippen LogP contribution in [0.15, 0.2) is 12.3 Å². The number of likely N-dealkylation sites (N-methyl/N-ethyl adjacent to an activating group) is 1. The molecule has 1 N–H and O–H groups in total. The van der Waals surface area contributed by atoms with Crippen molar-refractivity contribution in [2.75, 3.05) is 27.2 Å². The maximum atomic E-state index is 9.94. The van der Waals surface area contributed by atoms with Gasteiger partial charge in [0.1, 0.15) is 0 Å². The molecule has 1 aliphatic rings. The molecule has 2 rings (SSSR count). The number of hydrogen-bond donors (Lipinski definition) is 1. The van der Waals surface area contributed by atoms with Crippen molar-refractivity contribution < 1.29 is 5.11 Å². The summed E-state index contributed by atoms with van der Waals surface area (Å²) in [6, 6.07) is 3.05. The van der Waals surface area contributed by atoms with Gasteiger partial charge in [-0.3, -0.25) is 9.58 Å². The summed E-state index contributed by atoms with van der Waals surface area (Å²) < 4.78 is 2.10. The number of aliphatic hydroxyl groups is 1. The summed E-state index contributed by atoms with van der Waals surface area (Å²) in [4.78, 5) is 4.56. The Labute approximate surface area is 128 Å². The lowest BCUT2D eigenvalue weighted by atomic mass is 10.2. The van der Waals surface area contributed by atoms with Gasteiger partial charge in [-0.1, -0.05) is 13.8 Å². The molecule has 5 nitrogen and oxygen atoms in total. The van der Waals surface area contributed by atoms with E-state index in [0.717, 1.165) is 44.6 Å². The summed E-state index contributed by atoms with van der Waals surface area (Å²) >= 11 is 0. The normalized spacial score (nSPS) is 23.6. The zero-order valence-electron chi connectivity index (χ0n) is 13.9. The molecule has 2 unspecified atom stereocenters. The lowest BCUT2D eigenvalue weighted by molar-refractivity contribution is 0.168. The Kier molecular flexibility index (Phi) is 5.79. The standard InChI is InChI=1S/C16H30N4O/c1-5-14(6-2)20-8-7-13(17-20)10-19-12-16(21)9-15(19)11-18(3)4/h7-8,14-16,21H,5-6,9-12H2,1-4H3. The number of likely N-dealkylation sites (tertiary alicyclic amines) is 1. The van der Waals surface area contributed by atoms with E-state index in [4.69, 9.17) is 5.10 Å². The highest BCUT2D eigenvalue weighted by Gasteiger charge is 2.31. The van der Waals surface area contributed by atoms with Gasteiger partial charge in [-0.05, 0) is 39.4 Å². The molecule has 0 saturated carbocycles. The molecule has 1 aromatic rings. The number of rotatable bonds is 7. The lowest BCUT2D eigenvalue weighted by Gasteiger charge is -2.25. The number of hydrogen-bond acceptors (Lipinski definition) is 4. The van der Waals surface area contributed by atoms with Crippen molar-refractivity contribution in [3.8, 4) is 0 Å². The van der Waals surface area contributed by atoms with Crippen LogP contribution >= 0.6 is 0 Å². The fraction of sp³-hybridized carbons (Fsp3) is 0.812. The van der Waals surface area contributed by atoms with Crippen LogP contribution in [-0.4, -0.2) is 64.0 Å². The molecule has 0 amide bonds. The Balaban J connectivity index is 2.00. The Bertz CT molecular complexity index is 428. The van der Waals surface area contributed by atoms with E-state index in [-0.39, 0.29) is 6.10 Å². The van der Waals surface area contributed by atoms with Crippen LogP contribution < -0.4 is 0 Å². The Morgan fingerprint density at radius 1 is 1.38 bits per heavy atom. The van der Waals surface area contributed by atoms with E-state index in [0.29, 0.717) is 12.1 Å². The lowest BCUT2D eigenvalue weighted by Crippen LogP contribution is -2.37. The molecular formula is C16H30N4O. The summed E-state index contributed by atoms with van der Waals surface area (Å²) in [6.45, 7) is 7.00. The van der Waals surface area contributed by atoms with Crippen molar-refractivity contribution in [2.24, 2.45) is 0 Å². The molecule has 1 fully saturated rings. The van der Waals surface area contributed by atoms with Crippen LogP contribution in [0.25, 0.3) is 0 Å². The van der Waals surface area contributed by atoms with Gasteiger partial charge in [0, 0.05) is 31.9 Å². The highest BCUT2D eigenvalue weighted by molar-refractivity contribution is 5.02. The van der Waals surface area contributed by atoms with E-state index >= 15 is 0 Å². The first-order chi connectivity index (χ1) is 10.0. The molecular weight excluding hydrogens is 264 g/mol. The molecule has 1 aliphatic heterocycles. The Morgan fingerprint density at radius 2 is 2.10 bits per heavy atom. The number of β-amino-alcohol motifs (C(OH)–C–C–N with tert-alkyl or cyclic N) is 1. The minimum Gasteiger partial charge on any atom is -0.392 e. The third kappa shape index (κ3) is 4.28. The first-order valence-electron chi connectivity index (χ1n) is 8.14. The molecule has 1 aromatic heterocycles. The van der Waals surface area contributed by atoms with Crippen molar-refractivity contribution in [1.29, 1.82) is 0 Å². The number of nitrogens with zero attached hydrogens (tertiary/aromatic N) is 4. The molecule has 0 aromatic carbocycles. The van der Waals surface area contributed by atoms with Gasteiger partial charge in [-0.15, -0.1) is 0 Å². The summed E-state index contributed by atoms with van der Waals surface area (Å²) in [7, 11) is 4.18. The van der Waals surface area contributed by atoms with Gasteiger partial charge < -0.3 is 10.0 Å². The fourth-order valence-electron chi connectivity index (χ4n) is 3.30. The van der Waals surface area contributed by atoms with Crippen LogP contribution in [0.3, 0.4) is 0 Å². The van der Waals surface area contributed by atoms with E-state index in [2.05, 4.69) is 54.7 Å². The van der Waals surface area contributed by atoms with Gasteiger partial charge in [-0.2, -0.15) is 5.10 Å². The quantitative estimate of drug-likeness (QED) is 0.832. The van der Waals surface area contributed by atoms with Crippen molar-refractivity contribution in [2.45, 2.75) is 57.8 Å². The monoisotopic (exact) mass is 294 g/mol. The predicted molar refractivity (Wildman–Crippen MR) is 85.2 cm³/mol. The minimum atomic E-state index is -0.198. The maximum Gasteiger partial charge on any atom is 0.0765 e. The molecule has 120 valence electrons. The van der Waals surface area contributed by atoms with Crippen molar-refractivity contribution in [3.63, 3.8) is 0 Å². The SMILES string of the molecule is CCC(CC)n1ccc(CN2CC(O)CC2CN(C)C)n1. The van der Waals surface area contributed by atoms with Gasteiger partial charge in [0.25, 0.3) is 0 Å². The van der Waals surface area contributed by atoms with Gasteiger partial charge in [-0.25, -0.2) is 0 Å². The van der Waals surface area contributed by atoms with Crippen molar-refractivity contribution in [3.05, 3.63) is 18.0 Å². The van der Waals surface area contributed by atoms with Crippen LogP contribution in [0.5, 0.6) is 0 Å². The molecule has 2 atom stereocenters. The highest BCUT2D eigenvalue weighted by atomic mass is 16.3. The zero-order chi connectivity index (χ0) is 15.4. The third-order valence-corrected chi connectivity index (χ3v) is 4.43. The molecule has 5 heteroatoms. The molecule has 0 radical (unpaired) electrons. The van der Waals surface area contributed by atoms with E-state index in [1.807, 2.05) is 0 Å². The second-order valence-corrected chi connectivity index (χ2v) is 6.49. The molecule has 1 saturated heterocycles. The smallest absolute Gasteiger partial charge is 0.0765 e. The molecule has 0 aliphatic carbocycles. The fourth-order valence-corrected chi connectivity index (χ4v) is 3.30. The average Bonchev–Trinajstić information content (AvgIpc) is 2.99. The van der Waals surface area contributed by atoms with E-state index in [1.165, 1.54) is 0 Å². The molecule has 0 bridgehead atoms. The summed E-state index contributed by atoms with van der Waals surface area (Å²) in [5.74, 6) is 0. The van der Waals surface area contributed by atoms with Crippen LogP contribution in [-0.2, 0) is 6.54 Å². The van der Waals surface area contributed by atoms with Crippen LogP contribution in [0.2, 0.25) is 0 Å². The zero-order valence-corrected chi connectivity index (χ0v) is 13.9. The molecule has 21 heavy (non-hydrogen) atoms. The van der Waals surface area contributed by atoms with E-state index in [1.54, 1.807) is 0 Å². The van der Waals surface area contributed by atoms with Crippen LogP contribution in [0.4, 0.5) is 0 Å². The van der Waals surface area contributed by atoms with Gasteiger partial charge >= 0.3 is 0 Å². The second kappa shape index (κ2) is 7.38. The average molecular weight is 294 g/mol. The largest absolute Gasteiger partial charge is 0.392 e. The predicted octanol–water partition coefficient (Wildman–Crippen LogP) is 1.74. The molecule has 2 heterocycles. The Morgan fingerprint density at radius 3 is 2.71 bits per heavy atom. The summed E-state index contributed by atoms with van der Waals surface area (Å²) in [5.41, 5.74) is 1.11. The van der Waals surface area contributed by atoms with Crippen LogP contribution in [0.1, 0.15) is 44.8 Å². The first kappa shape index (κ1) is 16.5. The van der Waals surface area contributed by atoms with Gasteiger partial charge in [0.2, 0.25) is 0 Å². The summed E-state index contributed by atoms with van der Waals surface area (Å²) in [5, 5.41) is 14.7. The van der Waals surface area contributed by atoms with Gasteiger partial charge in [0.15, 0.2) is 0 Å². The van der Waals surface area contributed by atoms with E-state index < -0.39 is 0 Å². The first-order valence-corrected chi connectivity index (χ1v) is 8.14. The number of aliphatic hydroxyl groups excluding tert-OH is 1. The highest BCUT2D eigenvalue weighted by Crippen LogP contribution is 2.21. The second-order valence-electron chi connectivity index (χ2n) is 6.49. The van der Waals surface area contributed by atoms with Crippen molar-refractivity contribution in [1.82, 2.24) is 19.6 Å². The summed E-state index contributed by atoms with van der Waals surface area (Å²) in [6.07, 6.45) is 4.99.